The number of hydrogen-bond acceptors (Lipinski definition) is 4. The van der Waals surface area contributed by atoms with Gasteiger partial charge in [0, 0.05) is 25.7 Å². The summed E-state index contributed by atoms with van der Waals surface area (Å²) in [6.45, 7) is 4.11. The first kappa shape index (κ1) is 15.5. The molecule has 0 spiro atoms. The van der Waals surface area contributed by atoms with Gasteiger partial charge < -0.3 is 9.64 Å². The van der Waals surface area contributed by atoms with Gasteiger partial charge in [0.2, 0.25) is 5.91 Å². The molecule has 1 atom stereocenters. The smallest absolute Gasteiger partial charge is 0.222 e. The molecule has 2 aromatic rings. The number of amides is 1. The fraction of sp³-hybridized carbons (Fsp3) is 0.471. The van der Waals surface area contributed by atoms with E-state index in [4.69, 9.17) is 4.74 Å². The van der Waals surface area contributed by atoms with Crippen LogP contribution < -0.4 is 4.74 Å². The number of carbonyl (C=O) groups excluding carboxylic acids is 1. The van der Waals surface area contributed by atoms with Crippen LogP contribution in [0.15, 0.2) is 36.7 Å². The molecular formula is C17H22N4O2. The van der Waals surface area contributed by atoms with Gasteiger partial charge in [-0.3, -0.25) is 4.79 Å². The molecule has 1 aliphatic rings. The fourth-order valence-electron chi connectivity index (χ4n) is 3.00. The minimum atomic E-state index is 0.193. The van der Waals surface area contributed by atoms with Crippen molar-refractivity contribution in [3.63, 3.8) is 0 Å². The Balaban J connectivity index is 1.54. The highest BCUT2D eigenvalue weighted by Gasteiger charge is 2.27. The maximum absolute atomic E-state index is 12.4. The zero-order chi connectivity index (χ0) is 16.1. The van der Waals surface area contributed by atoms with Crippen LogP contribution in [0.1, 0.15) is 31.4 Å². The molecule has 0 radical (unpaired) electrons. The summed E-state index contributed by atoms with van der Waals surface area (Å²) in [7, 11) is 0. The molecule has 1 fully saturated rings. The highest BCUT2D eigenvalue weighted by molar-refractivity contribution is 5.76. The number of ether oxygens (including phenoxy) is 1. The van der Waals surface area contributed by atoms with Crippen LogP contribution in [-0.2, 0) is 11.2 Å². The average Bonchev–Trinajstić information content (AvgIpc) is 3.25. The summed E-state index contributed by atoms with van der Waals surface area (Å²) in [6, 6.07) is 8.18. The number of carbonyl (C=O) groups is 1. The number of aryl methyl sites for hydroxylation is 1. The molecular weight excluding hydrogens is 292 g/mol. The van der Waals surface area contributed by atoms with Crippen molar-refractivity contribution in [2.24, 2.45) is 0 Å². The minimum absolute atomic E-state index is 0.193. The Bertz CT molecular complexity index is 642. The monoisotopic (exact) mass is 314 g/mol. The first-order valence-corrected chi connectivity index (χ1v) is 8.12. The SMILES string of the molecule is CCOc1ccccc1CCC(=O)N1CCC(n2ccnn2)C1. The Hall–Kier alpha value is -2.37. The molecule has 1 aromatic carbocycles. The molecule has 3 rings (SSSR count). The van der Waals surface area contributed by atoms with E-state index in [1.165, 1.54) is 0 Å². The van der Waals surface area contributed by atoms with E-state index in [0.717, 1.165) is 30.8 Å². The summed E-state index contributed by atoms with van der Waals surface area (Å²) in [4.78, 5) is 14.4. The first-order valence-electron chi connectivity index (χ1n) is 8.12. The molecule has 0 saturated carbocycles. The molecule has 2 heterocycles. The lowest BCUT2D eigenvalue weighted by Gasteiger charge is -2.17. The first-order chi connectivity index (χ1) is 11.3. The molecule has 1 unspecified atom stereocenters. The Kier molecular flexibility index (Phi) is 4.90. The number of hydrogen-bond donors (Lipinski definition) is 0. The van der Waals surface area contributed by atoms with Gasteiger partial charge in [-0.1, -0.05) is 23.4 Å². The molecule has 1 amide bonds. The molecule has 23 heavy (non-hydrogen) atoms. The Labute approximate surface area is 136 Å². The molecule has 1 aromatic heterocycles. The van der Waals surface area contributed by atoms with Gasteiger partial charge in [0.05, 0.1) is 18.8 Å². The van der Waals surface area contributed by atoms with Gasteiger partial charge in [-0.15, -0.1) is 5.10 Å². The van der Waals surface area contributed by atoms with Crippen molar-refractivity contribution in [2.75, 3.05) is 19.7 Å². The van der Waals surface area contributed by atoms with Crippen molar-refractivity contribution >= 4 is 5.91 Å². The van der Waals surface area contributed by atoms with Crippen molar-refractivity contribution in [1.82, 2.24) is 19.9 Å². The van der Waals surface area contributed by atoms with Crippen molar-refractivity contribution in [1.29, 1.82) is 0 Å². The topological polar surface area (TPSA) is 60.2 Å². The van der Waals surface area contributed by atoms with Gasteiger partial charge in [-0.05, 0) is 31.4 Å². The van der Waals surface area contributed by atoms with Crippen molar-refractivity contribution < 1.29 is 9.53 Å². The third-order valence-electron chi connectivity index (χ3n) is 4.21. The summed E-state index contributed by atoms with van der Waals surface area (Å²) in [5.41, 5.74) is 1.09. The Morgan fingerprint density at radius 3 is 3.04 bits per heavy atom. The van der Waals surface area contributed by atoms with Gasteiger partial charge >= 0.3 is 0 Å². The van der Waals surface area contributed by atoms with Crippen LogP contribution in [0.4, 0.5) is 0 Å². The van der Waals surface area contributed by atoms with Crippen molar-refractivity contribution in [3.8, 4) is 5.75 Å². The predicted molar refractivity (Wildman–Crippen MR) is 86.2 cm³/mol. The Morgan fingerprint density at radius 2 is 2.26 bits per heavy atom. The summed E-state index contributed by atoms with van der Waals surface area (Å²) in [5.74, 6) is 1.07. The zero-order valence-corrected chi connectivity index (χ0v) is 13.4. The normalized spacial score (nSPS) is 17.4. The van der Waals surface area contributed by atoms with Crippen LogP contribution >= 0.6 is 0 Å². The van der Waals surface area contributed by atoms with Crippen LogP contribution in [0.2, 0.25) is 0 Å². The van der Waals surface area contributed by atoms with E-state index >= 15 is 0 Å². The molecule has 1 aliphatic heterocycles. The van der Waals surface area contributed by atoms with E-state index in [9.17, 15) is 4.79 Å². The third-order valence-corrected chi connectivity index (χ3v) is 4.21. The zero-order valence-electron chi connectivity index (χ0n) is 13.4. The van der Waals surface area contributed by atoms with E-state index in [-0.39, 0.29) is 11.9 Å². The van der Waals surface area contributed by atoms with E-state index in [2.05, 4.69) is 10.3 Å². The summed E-state index contributed by atoms with van der Waals surface area (Å²) in [6.07, 6.45) is 5.68. The van der Waals surface area contributed by atoms with Crippen molar-refractivity contribution in [3.05, 3.63) is 42.2 Å². The lowest BCUT2D eigenvalue weighted by atomic mass is 10.1. The van der Waals surface area contributed by atoms with E-state index in [0.29, 0.717) is 19.4 Å². The maximum atomic E-state index is 12.4. The van der Waals surface area contributed by atoms with E-state index in [1.54, 1.807) is 6.20 Å². The summed E-state index contributed by atoms with van der Waals surface area (Å²) < 4.78 is 7.46. The lowest BCUT2D eigenvalue weighted by Crippen LogP contribution is -2.29. The van der Waals surface area contributed by atoms with Gasteiger partial charge in [0.25, 0.3) is 0 Å². The molecule has 1 saturated heterocycles. The fourth-order valence-corrected chi connectivity index (χ4v) is 3.00. The number of para-hydroxylation sites is 1. The van der Waals surface area contributed by atoms with Crippen LogP contribution in [-0.4, -0.2) is 45.5 Å². The van der Waals surface area contributed by atoms with Gasteiger partial charge in [-0.2, -0.15) is 0 Å². The molecule has 0 bridgehead atoms. The standard InChI is InChI=1S/C17H22N4O2/c1-2-23-16-6-4-3-5-14(16)7-8-17(22)20-11-9-15(13-20)21-12-10-18-19-21/h3-6,10,12,15H,2,7-9,11,13H2,1H3. The number of likely N-dealkylation sites (tertiary alicyclic amines) is 1. The van der Waals surface area contributed by atoms with Crippen LogP contribution in [0, 0.1) is 0 Å². The lowest BCUT2D eigenvalue weighted by molar-refractivity contribution is -0.130. The summed E-state index contributed by atoms with van der Waals surface area (Å²) >= 11 is 0. The largest absolute Gasteiger partial charge is 0.494 e. The predicted octanol–water partition coefficient (Wildman–Crippen LogP) is 2.08. The van der Waals surface area contributed by atoms with Crippen LogP contribution in [0.25, 0.3) is 0 Å². The summed E-state index contributed by atoms with van der Waals surface area (Å²) in [5, 5.41) is 7.87. The van der Waals surface area contributed by atoms with E-state index in [1.807, 2.05) is 47.0 Å². The van der Waals surface area contributed by atoms with Gasteiger partial charge in [0.1, 0.15) is 5.75 Å². The van der Waals surface area contributed by atoms with Gasteiger partial charge in [0.15, 0.2) is 0 Å². The molecule has 6 heteroatoms. The number of benzene rings is 1. The molecule has 122 valence electrons. The average molecular weight is 314 g/mol. The molecule has 6 nitrogen and oxygen atoms in total. The third kappa shape index (κ3) is 3.70. The van der Waals surface area contributed by atoms with Gasteiger partial charge in [-0.25, -0.2) is 4.68 Å². The Morgan fingerprint density at radius 1 is 1.39 bits per heavy atom. The second-order valence-electron chi connectivity index (χ2n) is 5.71. The van der Waals surface area contributed by atoms with Crippen LogP contribution in [0.3, 0.4) is 0 Å². The number of aromatic nitrogens is 3. The van der Waals surface area contributed by atoms with E-state index < -0.39 is 0 Å². The van der Waals surface area contributed by atoms with Crippen LogP contribution in [0.5, 0.6) is 5.75 Å². The quantitative estimate of drug-likeness (QED) is 0.819. The molecule has 0 N–H and O–H groups in total. The number of rotatable bonds is 6. The second kappa shape index (κ2) is 7.26. The molecule has 0 aliphatic carbocycles. The minimum Gasteiger partial charge on any atom is -0.494 e. The number of nitrogens with zero attached hydrogens (tertiary/aromatic N) is 4. The van der Waals surface area contributed by atoms with Crippen molar-refractivity contribution in [2.45, 2.75) is 32.2 Å². The highest BCUT2D eigenvalue weighted by atomic mass is 16.5. The second-order valence-corrected chi connectivity index (χ2v) is 5.71. The highest BCUT2D eigenvalue weighted by Crippen LogP contribution is 2.23. The maximum Gasteiger partial charge on any atom is 0.222 e.